The molecule has 3 N–H and O–H groups in total. The van der Waals surface area contributed by atoms with Crippen molar-refractivity contribution in [3.8, 4) is 5.75 Å². The second-order valence-electron chi connectivity index (χ2n) is 4.11. The third kappa shape index (κ3) is 4.66. The van der Waals surface area contributed by atoms with E-state index in [1.165, 1.54) is 0 Å². The molecular weight excluding hydrogens is 296 g/mol. The monoisotopic (exact) mass is 314 g/mol. The molecule has 0 radical (unpaired) electrons. The molecule has 0 spiro atoms. The minimum absolute atomic E-state index is 0.358. The fourth-order valence-corrected chi connectivity index (χ4v) is 1.81. The summed E-state index contributed by atoms with van der Waals surface area (Å²) in [6.45, 7) is 5.03. The maximum atomic E-state index is 11.0. The highest BCUT2D eigenvalue weighted by molar-refractivity contribution is 9.10. The Morgan fingerprint density at radius 1 is 1.56 bits per heavy atom. The van der Waals surface area contributed by atoms with Gasteiger partial charge in [0.1, 0.15) is 5.75 Å². The fraction of sp³-hybridized carbons (Fsp3) is 0.462. The number of hydrogen-bond acceptors (Lipinski definition) is 3. The number of carbonyl (C=O) groups is 1. The molecule has 18 heavy (non-hydrogen) atoms. The molecule has 0 bridgehead atoms. The number of halogens is 1. The number of hydrogen-bond donors (Lipinski definition) is 2. The molecule has 0 aliphatic carbocycles. The number of rotatable bonds is 7. The quantitative estimate of drug-likeness (QED) is 0.811. The molecule has 0 heterocycles. The minimum Gasteiger partial charge on any atom is -0.493 e. The molecule has 0 saturated carbocycles. The highest BCUT2D eigenvalue weighted by Gasteiger charge is 2.10. The second kappa shape index (κ2) is 7.38. The molecular formula is C13H19BrN2O2. The molecule has 0 fully saturated rings. The molecule has 0 saturated heterocycles. The Kier molecular flexibility index (Phi) is 6.15. The van der Waals surface area contributed by atoms with Crippen LogP contribution in [0.3, 0.4) is 0 Å². The first-order valence-corrected chi connectivity index (χ1v) is 6.77. The first kappa shape index (κ1) is 15.0. The molecule has 0 aliphatic heterocycles. The number of primary amides is 1. The molecule has 0 aliphatic rings. The van der Waals surface area contributed by atoms with Crippen LogP contribution in [0.1, 0.15) is 25.8 Å². The predicted octanol–water partition coefficient (Wildman–Crippen LogP) is 2.20. The van der Waals surface area contributed by atoms with Crippen molar-refractivity contribution in [3.63, 3.8) is 0 Å². The van der Waals surface area contributed by atoms with Gasteiger partial charge in [0.25, 0.3) is 0 Å². The van der Waals surface area contributed by atoms with Crippen LogP contribution in [-0.2, 0) is 11.3 Å². The molecule has 100 valence electrons. The lowest BCUT2D eigenvalue weighted by molar-refractivity contribution is -0.119. The van der Waals surface area contributed by atoms with Crippen LogP contribution in [0, 0.1) is 0 Å². The number of amides is 1. The number of carbonyl (C=O) groups excluding carboxylic acids is 1. The van der Waals surface area contributed by atoms with Crippen LogP contribution in [0.15, 0.2) is 22.7 Å². The number of nitrogens with one attached hydrogen (secondary N) is 1. The van der Waals surface area contributed by atoms with Crippen molar-refractivity contribution in [2.75, 3.05) is 6.61 Å². The zero-order valence-corrected chi connectivity index (χ0v) is 12.3. The normalized spacial score (nSPS) is 12.2. The van der Waals surface area contributed by atoms with Crippen LogP contribution in [0.2, 0.25) is 0 Å². The average Bonchev–Trinajstić information content (AvgIpc) is 2.34. The van der Waals surface area contributed by atoms with Gasteiger partial charge in [-0.1, -0.05) is 22.9 Å². The van der Waals surface area contributed by atoms with Crippen LogP contribution < -0.4 is 15.8 Å². The number of nitrogens with two attached hydrogens (primary N) is 1. The molecule has 0 aromatic heterocycles. The average molecular weight is 315 g/mol. The standard InChI is InChI=1S/C13H19BrN2O2/c1-3-6-18-12-5-4-11(14)7-10(12)8-16-9(2)13(15)17/h4-5,7,9,16H,3,6,8H2,1-2H3,(H2,15,17). The lowest BCUT2D eigenvalue weighted by atomic mass is 10.2. The summed E-state index contributed by atoms with van der Waals surface area (Å²) in [6.07, 6.45) is 0.959. The van der Waals surface area contributed by atoms with Crippen LogP contribution in [0.25, 0.3) is 0 Å². The van der Waals surface area contributed by atoms with Crippen molar-refractivity contribution in [2.45, 2.75) is 32.9 Å². The van der Waals surface area contributed by atoms with E-state index in [2.05, 4.69) is 28.2 Å². The summed E-state index contributed by atoms with van der Waals surface area (Å²) < 4.78 is 6.64. The van der Waals surface area contributed by atoms with E-state index in [9.17, 15) is 4.79 Å². The minimum atomic E-state index is -0.360. The highest BCUT2D eigenvalue weighted by Crippen LogP contribution is 2.23. The smallest absolute Gasteiger partial charge is 0.234 e. The van der Waals surface area contributed by atoms with Gasteiger partial charge in [0, 0.05) is 16.6 Å². The maximum absolute atomic E-state index is 11.0. The van der Waals surface area contributed by atoms with Gasteiger partial charge in [-0.15, -0.1) is 0 Å². The molecule has 1 unspecified atom stereocenters. The summed E-state index contributed by atoms with van der Waals surface area (Å²) in [6, 6.07) is 5.48. The van der Waals surface area contributed by atoms with Crippen LogP contribution >= 0.6 is 15.9 Å². The van der Waals surface area contributed by atoms with Crippen molar-refractivity contribution in [3.05, 3.63) is 28.2 Å². The fourth-order valence-electron chi connectivity index (χ4n) is 1.40. The topological polar surface area (TPSA) is 64.3 Å². The van der Waals surface area contributed by atoms with Crippen molar-refractivity contribution in [1.29, 1.82) is 0 Å². The van der Waals surface area contributed by atoms with Gasteiger partial charge < -0.3 is 15.8 Å². The molecule has 1 aromatic rings. The predicted molar refractivity (Wildman–Crippen MR) is 75.4 cm³/mol. The van der Waals surface area contributed by atoms with Gasteiger partial charge in [-0.2, -0.15) is 0 Å². The Bertz CT molecular complexity index is 410. The molecule has 1 amide bonds. The SMILES string of the molecule is CCCOc1ccc(Br)cc1CNC(C)C(N)=O. The lowest BCUT2D eigenvalue weighted by Gasteiger charge is -2.14. The van der Waals surface area contributed by atoms with Crippen molar-refractivity contribution >= 4 is 21.8 Å². The number of benzene rings is 1. The van der Waals surface area contributed by atoms with Crippen LogP contribution in [-0.4, -0.2) is 18.6 Å². The first-order valence-electron chi connectivity index (χ1n) is 5.98. The maximum Gasteiger partial charge on any atom is 0.234 e. The summed E-state index contributed by atoms with van der Waals surface area (Å²) in [5.41, 5.74) is 6.21. The summed E-state index contributed by atoms with van der Waals surface area (Å²) in [7, 11) is 0. The molecule has 5 heteroatoms. The van der Waals surface area contributed by atoms with Gasteiger partial charge in [0.2, 0.25) is 5.91 Å². The van der Waals surface area contributed by atoms with E-state index in [0.29, 0.717) is 13.2 Å². The Morgan fingerprint density at radius 2 is 2.28 bits per heavy atom. The van der Waals surface area contributed by atoms with Crippen molar-refractivity contribution in [1.82, 2.24) is 5.32 Å². The van der Waals surface area contributed by atoms with Gasteiger partial charge >= 0.3 is 0 Å². The van der Waals surface area contributed by atoms with Crippen LogP contribution in [0.4, 0.5) is 0 Å². The zero-order chi connectivity index (χ0) is 13.5. The van der Waals surface area contributed by atoms with Gasteiger partial charge in [0.15, 0.2) is 0 Å². The van der Waals surface area contributed by atoms with E-state index in [-0.39, 0.29) is 11.9 Å². The van der Waals surface area contributed by atoms with Crippen LogP contribution in [0.5, 0.6) is 5.75 Å². The number of ether oxygens (including phenoxy) is 1. The first-order chi connectivity index (χ1) is 8.54. The van der Waals surface area contributed by atoms with E-state index in [4.69, 9.17) is 10.5 Å². The Hall–Kier alpha value is -1.07. The van der Waals surface area contributed by atoms with Gasteiger partial charge in [-0.05, 0) is 31.5 Å². The largest absolute Gasteiger partial charge is 0.493 e. The third-order valence-corrected chi connectivity index (χ3v) is 3.00. The van der Waals surface area contributed by atoms with E-state index in [1.54, 1.807) is 6.92 Å². The van der Waals surface area contributed by atoms with E-state index in [1.807, 2.05) is 18.2 Å². The van der Waals surface area contributed by atoms with Gasteiger partial charge in [-0.25, -0.2) is 0 Å². The summed E-state index contributed by atoms with van der Waals surface area (Å²) >= 11 is 3.43. The Morgan fingerprint density at radius 3 is 2.89 bits per heavy atom. The highest BCUT2D eigenvalue weighted by atomic mass is 79.9. The summed E-state index contributed by atoms with van der Waals surface area (Å²) in [5, 5.41) is 3.07. The molecule has 1 atom stereocenters. The molecule has 1 rings (SSSR count). The third-order valence-electron chi connectivity index (χ3n) is 2.51. The lowest BCUT2D eigenvalue weighted by Crippen LogP contribution is -2.38. The van der Waals surface area contributed by atoms with Gasteiger partial charge in [-0.3, -0.25) is 4.79 Å². The van der Waals surface area contributed by atoms with E-state index < -0.39 is 0 Å². The van der Waals surface area contributed by atoms with E-state index in [0.717, 1.165) is 22.2 Å². The van der Waals surface area contributed by atoms with Gasteiger partial charge in [0.05, 0.1) is 12.6 Å². The summed E-state index contributed by atoms with van der Waals surface area (Å²) in [5.74, 6) is 0.477. The van der Waals surface area contributed by atoms with E-state index >= 15 is 0 Å². The summed E-state index contributed by atoms with van der Waals surface area (Å²) in [4.78, 5) is 11.0. The van der Waals surface area contributed by atoms with Crippen molar-refractivity contribution in [2.24, 2.45) is 5.73 Å². The van der Waals surface area contributed by atoms with Crippen molar-refractivity contribution < 1.29 is 9.53 Å². The zero-order valence-electron chi connectivity index (χ0n) is 10.7. The molecule has 1 aromatic carbocycles. The Labute approximate surface area is 116 Å². The second-order valence-corrected chi connectivity index (χ2v) is 5.02. The Balaban J connectivity index is 2.72. The molecule has 4 nitrogen and oxygen atoms in total.